The summed E-state index contributed by atoms with van der Waals surface area (Å²) >= 11 is 0. The van der Waals surface area contributed by atoms with Crippen molar-refractivity contribution in [2.24, 2.45) is 0 Å². The summed E-state index contributed by atoms with van der Waals surface area (Å²) in [6.07, 6.45) is 2.85. The average Bonchev–Trinajstić information content (AvgIpc) is 2.47. The molecule has 1 heterocycles. The Kier molecular flexibility index (Phi) is 4.45. The number of aromatic amines is 2. The Hall–Kier alpha value is -2.83. The molecule has 0 atom stereocenters. The normalized spacial score (nSPS) is 10.2. The third-order valence-corrected chi connectivity index (χ3v) is 3.13. The molecule has 0 saturated heterocycles. The fourth-order valence-electron chi connectivity index (χ4n) is 1.95. The van der Waals surface area contributed by atoms with Gasteiger partial charge in [0.25, 0.3) is 0 Å². The number of nitrogens with two attached hydrogens (primary N) is 1. The minimum atomic E-state index is -1.07. The monoisotopic (exact) mass is 307 g/mol. The summed E-state index contributed by atoms with van der Waals surface area (Å²) < 4.78 is 32.9. The molecule has 0 aliphatic rings. The van der Waals surface area contributed by atoms with Crippen molar-refractivity contribution in [1.82, 2.24) is 10.2 Å². The zero-order valence-electron chi connectivity index (χ0n) is 12.0. The van der Waals surface area contributed by atoms with Gasteiger partial charge >= 0.3 is 0 Å². The predicted octanol–water partition coefficient (Wildman–Crippen LogP) is 2.88. The number of benzene rings is 1. The van der Waals surface area contributed by atoms with Gasteiger partial charge in [0.1, 0.15) is 11.6 Å². The highest BCUT2D eigenvalue weighted by Crippen LogP contribution is 2.23. The van der Waals surface area contributed by atoms with Crippen molar-refractivity contribution in [2.75, 3.05) is 12.8 Å². The molecule has 4 N–H and O–H groups in total. The molecule has 116 valence electrons. The molecule has 2 aromatic rings. The SMILES string of the molecule is COc1c[nH][nH]cc(C(=O)c2c(F)ccc(N)c2F)c(C)c1. The smallest absolute Gasteiger partial charge is 0.200 e. The third kappa shape index (κ3) is 2.93. The van der Waals surface area contributed by atoms with Gasteiger partial charge < -0.3 is 20.7 Å². The molecular weight excluding hydrogens is 292 g/mol. The molecule has 0 unspecified atom stereocenters. The predicted molar refractivity (Wildman–Crippen MR) is 78.3 cm³/mol. The highest BCUT2D eigenvalue weighted by Gasteiger charge is 2.22. The first-order chi connectivity index (χ1) is 10.5. The van der Waals surface area contributed by atoms with Crippen LogP contribution in [0.2, 0.25) is 0 Å². The maximum atomic E-state index is 14.0. The zero-order valence-corrected chi connectivity index (χ0v) is 12.0. The van der Waals surface area contributed by atoms with Crippen molar-refractivity contribution < 1.29 is 18.3 Å². The molecule has 0 spiro atoms. The molecule has 7 heteroatoms. The Bertz CT molecular complexity index is 764. The van der Waals surface area contributed by atoms with E-state index in [4.69, 9.17) is 10.5 Å². The van der Waals surface area contributed by atoms with Gasteiger partial charge in [-0.2, -0.15) is 0 Å². The Balaban J connectivity index is 2.65. The van der Waals surface area contributed by atoms with E-state index in [0.29, 0.717) is 11.3 Å². The number of nitrogen functional groups attached to an aromatic ring is 1. The topological polar surface area (TPSA) is 83.9 Å². The molecule has 0 bridgehead atoms. The highest BCUT2D eigenvalue weighted by molar-refractivity contribution is 6.10. The molecule has 0 radical (unpaired) electrons. The second-order valence-corrected chi connectivity index (χ2v) is 4.58. The maximum absolute atomic E-state index is 14.0. The molecule has 1 aromatic carbocycles. The fraction of sp³-hybridized carbons (Fsp3) is 0.133. The number of nitrogens with one attached hydrogen (secondary N) is 2. The van der Waals surface area contributed by atoms with Gasteiger partial charge in [0.05, 0.1) is 24.6 Å². The quantitative estimate of drug-likeness (QED) is 0.602. The highest BCUT2D eigenvalue weighted by atomic mass is 19.1. The third-order valence-electron chi connectivity index (χ3n) is 3.13. The number of ether oxygens (including phenoxy) is 1. The van der Waals surface area contributed by atoms with Crippen molar-refractivity contribution >= 4 is 11.5 Å². The van der Waals surface area contributed by atoms with Crippen molar-refractivity contribution in [2.45, 2.75) is 6.92 Å². The van der Waals surface area contributed by atoms with Crippen LogP contribution in [-0.2, 0) is 0 Å². The maximum Gasteiger partial charge on any atom is 0.200 e. The van der Waals surface area contributed by atoms with Crippen LogP contribution >= 0.6 is 0 Å². The number of methoxy groups -OCH3 is 1. The minimum Gasteiger partial charge on any atom is -0.495 e. The largest absolute Gasteiger partial charge is 0.495 e. The molecule has 0 amide bonds. The lowest BCUT2D eigenvalue weighted by atomic mass is 10.00. The average molecular weight is 307 g/mol. The van der Waals surface area contributed by atoms with E-state index in [2.05, 4.69) is 10.2 Å². The van der Waals surface area contributed by atoms with Crippen LogP contribution in [0.15, 0.2) is 30.6 Å². The summed E-state index contributed by atoms with van der Waals surface area (Å²) in [5.41, 5.74) is 4.99. The Morgan fingerprint density at radius 3 is 2.59 bits per heavy atom. The molecule has 2 rings (SSSR count). The van der Waals surface area contributed by atoms with Crippen LogP contribution in [0.1, 0.15) is 21.5 Å². The molecule has 0 aliphatic carbocycles. The number of rotatable bonds is 3. The molecule has 0 fully saturated rings. The summed E-state index contributed by atoms with van der Waals surface area (Å²) in [5.74, 6) is -2.42. The minimum absolute atomic E-state index is 0.0820. The number of anilines is 1. The van der Waals surface area contributed by atoms with Gasteiger partial charge in [-0.25, -0.2) is 8.78 Å². The van der Waals surface area contributed by atoms with Crippen molar-refractivity contribution in [3.05, 3.63) is 58.9 Å². The second-order valence-electron chi connectivity index (χ2n) is 4.58. The van der Waals surface area contributed by atoms with Crippen molar-refractivity contribution in [1.29, 1.82) is 0 Å². The summed E-state index contributed by atoms with van der Waals surface area (Å²) in [5, 5.41) is 5.29. The summed E-state index contributed by atoms with van der Waals surface area (Å²) in [7, 11) is 1.46. The summed E-state index contributed by atoms with van der Waals surface area (Å²) in [6, 6.07) is 3.60. The number of hydrogen-bond donors (Lipinski definition) is 3. The van der Waals surface area contributed by atoms with Crippen molar-refractivity contribution in [3.63, 3.8) is 0 Å². The number of ketones is 1. The van der Waals surface area contributed by atoms with Crippen LogP contribution in [0.5, 0.6) is 5.75 Å². The Morgan fingerprint density at radius 2 is 1.91 bits per heavy atom. The van der Waals surface area contributed by atoms with Crippen LogP contribution < -0.4 is 10.5 Å². The first-order valence-electron chi connectivity index (χ1n) is 6.38. The number of halogens is 2. The zero-order chi connectivity index (χ0) is 16.3. The van der Waals surface area contributed by atoms with E-state index < -0.39 is 23.0 Å². The van der Waals surface area contributed by atoms with E-state index in [-0.39, 0.29) is 11.3 Å². The van der Waals surface area contributed by atoms with Gasteiger partial charge in [0, 0.05) is 11.8 Å². The van der Waals surface area contributed by atoms with Crippen LogP contribution in [-0.4, -0.2) is 23.1 Å². The van der Waals surface area contributed by atoms with Gasteiger partial charge in [-0.1, -0.05) is 0 Å². The van der Waals surface area contributed by atoms with Crippen LogP contribution in [0.3, 0.4) is 0 Å². The van der Waals surface area contributed by atoms with E-state index in [0.717, 1.165) is 12.1 Å². The van der Waals surface area contributed by atoms with Gasteiger partial charge in [0.2, 0.25) is 5.78 Å². The standard InChI is InChI=1S/C15H15F2N3O2/c1-8-5-9(22-2)6-19-20-7-10(8)15(21)13-11(16)3-4-12(18)14(13)17/h3-7,19-20H,18H2,1-2H3. The van der Waals surface area contributed by atoms with E-state index in [1.54, 1.807) is 13.0 Å². The van der Waals surface area contributed by atoms with E-state index in [1.807, 2.05) is 0 Å². The number of hydrogen-bond acceptors (Lipinski definition) is 3. The summed E-state index contributed by atoms with van der Waals surface area (Å²) in [4.78, 5) is 12.5. The van der Waals surface area contributed by atoms with Gasteiger partial charge in [0.15, 0.2) is 5.82 Å². The number of aromatic nitrogens is 2. The lowest BCUT2D eigenvalue weighted by molar-refractivity contribution is 0.103. The van der Waals surface area contributed by atoms with Crippen LogP contribution in [0.25, 0.3) is 0 Å². The van der Waals surface area contributed by atoms with Crippen LogP contribution in [0, 0.1) is 18.6 Å². The molecular formula is C15H15F2N3O2. The van der Waals surface area contributed by atoms with Crippen LogP contribution in [0.4, 0.5) is 14.5 Å². The number of H-pyrrole nitrogens is 2. The first-order valence-corrected chi connectivity index (χ1v) is 6.38. The van der Waals surface area contributed by atoms with Gasteiger partial charge in [-0.05, 0) is 30.7 Å². The molecule has 5 nitrogen and oxygen atoms in total. The second kappa shape index (κ2) is 6.30. The van der Waals surface area contributed by atoms with Gasteiger partial charge in [-0.3, -0.25) is 4.79 Å². The van der Waals surface area contributed by atoms with Crippen molar-refractivity contribution in [3.8, 4) is 5.75 Å². The van der Waals surface area contributed by atoms with E-state index >= 15 is 0 Å². The Morgan fingerprint density at radius 1 is 1.23 bits per heavy atom. The fourth-order valence-corrected chi connectivity index (χ4v) is 1.95. The van der Waals surface area contributed by atoms with E-state index in [9.17, 15) is 13.6 Å². The molecule has 0 saturated carbocycles. The van der Waals surface area contributed by atoms with E-state index in [1.165, 1.54) is 19.5 Å². The first kappa shape index (κ1) is 15.6. The number of carbonyl (C=O) groups excluding carboxylic acids is 1. The molecule has 1 aromatic heterocycles. The summed E-state index contributed by atoms with van der Waals surface area (Å²) in [6.45, 7) is 1.63. The van der Waals surface area contributed by atoms with Gasteiger partial charge in [-0.15, -0.1) is 0 Å². The molecule has 22 heavy (non-hydrogen) atoms. The Labute approximate surface area is 125 Å². The lowest BCUT2D eigenvalue weighted by Gasteiger charge is -2.08. The number of carbonyl (C=O) groups is 1. The lowest BCUT2D eigenvalue weighted by Crippen LogP contribution is -2.11. The molecule has 0 aliphatic heterocycles. The number of aryl methyl sites for hydroxylation is 1.